The van der Waals surface area contributed by atoms with Crippen molar-refractivity contribution < 1.29 is 4.79 Å². The number of H-pyrrole nitrogens is 1. The molecule has 1 fully saturated rings. The van der Waals surface area contributed by atoms with Crippen LogP contribution in [0, 0.1) is 0 Å². The number of nitrogens with one attached hydrogen (secondary N) is 2. The molecule has 1 heterocycles. The zero-order chi connectivity index (χ0) is 12.3. The third-order valence-corrected chi connectivity index (χ3v) is 2.84. The Bertz CT molecular complexity index is 468. The van der Waals surface area contributed by atoms with Crippen LogP contribution in [0.15, 0.2) is 10.9 Å². The van der Waals surface area contributed by atoms with Gasteiger partial charge in [-0.25, -0.2) is 4.98 Å². The Balaban J connectivity index is 1.95. The first-order valence-corrected chi connectivity index (χ1v) is 6.15. The molecule has 92 valence electrons. The Kier molecular flexibility index (Phi) is 3.78. The molecule has 1 aromatic heterocycles. The molecule has 17 heavy (non-hydrogen) atoms. The van der Waals surface area contributed by atoms with Crippen molar-refractivity contribution in [3.05, 3.63) is 27.9 Å². The van der Waals surface area contributed by atoms with Crippen molar-refractivity contribution >= 4 is 17.5 Å². The summed E-state index contributed by atoms with van der Waals surface area (Å²) in [4.78, 5) is 29.4. The van der Waals surface area contributed by atoms with Crippen LogP contribution in [-0.2, 0) is 11.2 Å². The summed E-state index contributed by atoms with van der Waals surface area (Å²) in [6.45, 7) is 0.451. The van der Waals surface area contributed by atoms with E-state index < -0.39 is 0 Å². The fraction of sp³-hybridized carbons (Fsp3) is 0.545. The van der Waals surface area contributed by atoms with Crippen molar-refractivity contribution in [2.45, 2.75) is 25.2 Å². The van der Waals surface area contributed by atoms with Crippen molar-refractivity contribution in [3.63, 3.8) is 0 Å². The monoisotopic (exact) mass is 255 g/mol. The van der Waals surface area contributed by atoms with Gasteiger partial charge in [-0.15, -0.1) is 11.6 Å². The topological polar surface area (TPSA) is 74.8 Å². The van der Waals surface area contributed by atoms with Gasteiger partial charge in [0.15, 0.2) is 0 Å². The normalized spacial score (nSPS) is 14.6. The smallest absolute Gasteiger partial charge is 0.251 e. The Morgan fingerprint density at radius 2 is 2.35 bits per heavy atom. The first-order valence-electron chi connectivity index (χ1n) is 5.62. The van der Waals surface area contributed by atoms with E-state index in [1.807, 2.05) is 0 Å². The summed E-state index contributed by atoms with van der Waals surface area (Å²) in [6.07, 6.45) is 2.73. The van der Waals surface area contributed by atoms with Crippen LogP contribution in [-0.4, -0.2) is 28.3 Å². The number of amides is 1. The number of hydrogen-bond acceptors (Lipinski definition) is 3. The highest BCUT2D eigenvalue weighted by molar-refractivity contribution is 6.27. The van der Waals surface area contributed by atoms with E-state index in [1.165, 1.54) is 6.07 Å². The molecular formula is C11H14ClN3O2. The van der Waals surface area contributed by atoms with Crippen molar-refractivity contribution in [2.24, 2.45) is 0 Å². The molecule has 0 radical (unpaired) electrons. The van der Waals surface area contributed by atoms with E-state index in [9.17, 15) is 9.59 Å². The minimum absolute atomic E-state index is 0.0455. The van der Waals surface area contributed by atoms with E-state index in [1.54, 1.807) is 0 Å². The summed E-state index contributed by atoms with van der Waals surface area (Å²) in [5, 5.41) is 2.64. The molecule has 2 N–H and O–H groups in total. The van der Waals surface area contributed by atoms with Crippen LogP contribution >= 0.6 is 11.6 Å². The van der Waals surface area contributed by atoms with Crippen molar-refractivity contribution in [1.29, 1.82) is 0 Å². The summed E-state index contributed by atoms with van der Waals surface area (Å²) in [5.74, 6) is 0.936. The number of aromatic nitrogens is 2. The summed E-state index contributed by atoms with van der Waals surface area (Å²) in [7, 11) is 0. The van der Waals surface area contributed by atoms with Gasteiger partial charge in [0.25, 0.3) is 5.56 Å². The maximum Gasteiger partial charge on any atom is 0.251 e. The summed E-state index contributed by atoms with van der Waals surface area (Å²) in [6, 6.07) is 1.47. The largest absolute Gasteiger partial charge is 0.355 e. The van der Waals surface area contributed by atoms with E-state index in [-0.39, 0.29) is 17.3 Å². The molecule has 1 amide bonds. The van der Waals surface area contributed by atoms with E-state index in [4.69, 9.17) is 11.6 Å². The molecule has 5 nitrogen and oxygen atoms in total. The lowest BCUT2D eigenvalue weighted by Crippen LogP contribution is -2.27. The van der Waals surface area contributed by atoms with Crippen LogP contribution in [0.4, 0.5) is 0 Å². The average molecular weight is 256 g/mol. The molecule has 6 heteroatoms. The predicted octanol–water partition coefficient (Wildman–Crippen LogP) is 0.545. The maximum atomic E-state index is 11.4. The minimum atomic E-state index is -0.209. The zero-order valence-corrected chi connectivity index (χ0v) is 10.1. The zero-order valence-electron chi connectivity index (χ0n) is 9.33. The Hall–Kier alpha value is -1.36. The van der Waals surface area contributed by atoms with Crippen molar-refractivity contribution in [1.82, 2.24) is 15.3 Å². The predicted molar refractivity (Wildman–Crippen MR) is 64.3 cm³/mol. The van der Waals surface area contributed by atoms with Gasteiger partial charge < -0.3 is 10.3 Å². The lowest BCUT2D eigenvalue weighted by Gasteiger charge is -2.04. The van der Waals surface area contributed by atoms with Crippen LogP contribution in [0.3, 0.4) is 0 Å². The first-order chi connectivity index (χ1) is 8.19. The SMILES string of the molecule is O=C(CCl)NCCc1cc(=O)[nH]c(C2CC2)n1. The van der Waals surface area contributed by atoms with Gasteiger partial charge in [-0.05, 0) is 12.8 Å². The number of aromatic amines is 1. The summed E-state index contributed by atoms with van der Waals surface area (Å²) >= 11 is 5.35. The van der Waals surface area contributed by atoms with Gasteiger partial charge in [0.1, 0.15) is 11.7 Å². The quantitative estimate of drug-likeness (QED) is 0.755. The lowest BCUT2D eigenvalue weighted by molar-refractivity contribution is -0.118. The number of alkyl halides is 1. The second kappa shape index (κ2) is 5.31. The molecule has 0 unspecified atom stereocenters. The molecule has 2 rings (SSSR count). The van der Waals surface area contributed by atoms with Gasteiger partial charge in [0.2, 0.25) is 5.91 Å². The minimum Gasteiger partial charge on any atom is -0.355 e. The maximum absolute atomic E-state index is 11.4. The molecule has 1 aliphatic carbocycles. The fourth-order valence-corrected chi connectivity index (χ4v) is 1.68. The van der Waals surface area contributed by atoms with Gasteiger partial charge in [0.05, 0.1) is 0 Å². The molecule has 1 aromatic rings. The average Bonchev–Trinajstić information content (AvgIpc) is 3.12. The molecule has 0 saturated heterocycles. The van der Waals surface area contributed by atoms with E-state index in [0.717, 1.165) is 18.7 Å². The number of carbonyl (C=O) groups excluding carboxylic acids is 1. The number of nitrogens with zero attached hydrogens (tertiary/aromatic N) is 1. The van der Waals surface area contributed by atoms with Crippen LogP contribution in [0.2, 0.25) is 0 Å². The second-order valence-corrected chi connectivity index (χ2v) is 4.40. The van der Waals surface area contributed by atoms with Gasteiger partial charge in [-0.3, -0.25) is 9.59 Å². The van der Waals surface area contributed by atoms with Gasteiger partial charge in [-0.2, -0.15) is 0 Å². The lowest BCUT2D eigenvalue weighted by atomic mass is 10.2. The highest BCUT2D eigenvalue weighted by atomic mass is 35.5. The van der Waals surface area contributed by atoms with Crippen LogP contribution in [0.5, 0.6) is 0 Å². The Labute approximate surface area is 104 Å². The van der Waals surface area contributed by atoms with E-state index >= 15 is 0 Å². The number of carbonyl (C=O) groups is 1. The van der Waals surface area contributed by atoms with E-state index in [2.05, 4.69) is 15.3 Å². The van der Waals surface area contributed by atoms with Gasteiger partial charge in [0, 0.05) is 30.6 Å². The van der Waals surface area contributed by atoms with Gasteiger partial charge >= 0.3 is 0 Å². The third kappa shape index (κ3) is 3.56. The molecule has 0 atom stereocenters. The molecule has 0 spiro atoms. The Morgan fingerprint density at radius 3 is 3.00 bits per heavy atom. The molecule has 0 aliphatic heterocycles. The van der Waals surface area contributed by atoms with Crippen LogP contribution < -0.4 is 10.9 Å². The highest BCUT2D eigenvalue weighted by Gasteiger charge is 2.26. The highest BCUT2D eigenvalue weighted by Crippen LogP contribution is 2.37. The van der Waals surface area contributed by atoms with Crippen molar-refractivity contribution in [3.8, 4) is 0 Å². The standard InChI is InChI=1S/C11H14ClN3O2/c12-6-10(17)13-4-3-8-5-9(16)15-11(14-8)7-1-2-7/h5,7H,1-4,6H2,(H,13,17)(H,14,15,16). The number of hydrogen-bond donors (Lipinski definition) is 2. The number of rotatable bonds is 5. The Morgan fingerprint density at radius 1 is 1.59 bits per heavy atom. The second-order valence-electron chi connectivity index (χ2n) is 4.13. The summed E-state index contributed by atoms with van der Waals surface area (Å²) in [5.41, 5.74) is 0.589. The fourth-order valence-electron chi connectivity index (χ4n) is 1.58. The molecular weight excluding hydrogens is 242 g/mol. The third-order valence-electron chi connectivity index (χ3n) is 2.60. The van der Waals surface area contributed by atoms with E-state index in [0.29, 0.717) is 24.6 Å². The summed E-state index contributed by atoms with van der Waals surface area (Å²) < 4.78 is 0. The molecule has 0 aromatic carbocycles. The van der Waals surface area contributed by atoms with Crippen LogP contribution in [0.25, 0.3) is 0 Å². The molecule has 1 aliphatic rings. The number of halogens is 1. The van der Waals surface area contributed by atoms with Crippen LogP contribution in [0.1, 0.15) is 30.3 Å². The first kappa shape index (κ1) is 12.1. The molecule has 1 saturated carbocycles. The molecule has 0 bridgehead atoms. The van der Waals surface area contributed by atoms with Crippen molar-refractivity contribution in [2.75, 3.05) is 12.4 Å². The van der Waals surface area contributed by atoms with Gasteiger partial charge in [-0.1, -0.05) is 0 Å².